The standard InChI is InChI=1S/C20H16N6O2/c1-27-15-5-2-4-14(10-15)18-11-16(28-24-18)13-25-9-7-22-19(25)17-12-23-26-8-3-6-21-20(17)26/h2-12H,13H2,1H3. The summed E-state index contributed by atoms with van der Waals surface area (Å²) < 4.78 is 14.5. The minimum absolute atomic E-state index is 0.497. The maximum absolute atomic E-state index is 5.55. The van der Waals surface area contributed by atoms with Crippen LogP contribution in [0.4, 0.5) is 0 Å². The molecule has 0 fully saturated rings. The first-order valence-corrected chi connectivity index (χ1v) is 8.72. The number of methoxy groups -OCH3 is 1. The molecule has 0 saturated carbocycles. The minimum Gasteiger partial charge on any atom is -0.497 e. The molecule has 0 unspecified atom stereocenters. The second-order valence-corrected chi connectivity index (χ2v) is 6.24. The van der Waals surface area contributed by atoms with Crippen molar-refractivity contribution in [2.75, 3.05) is 7.11 Å². The molecule has 0 spiro atoms. The summed E-state index contributed by atoms with van der Waals surface area (Å²) in [6, 6.07) is 11.5. The van der Waals surface area contributed by atoms with Crippen LogP contribution >= 0.6 is 0 Å². The van der Waals surface area contributed by atoms with Crippen LogP contribution in [-0.4, -0.2) is 36.4 Å². The third kappa shape index (κ3) is 2.81. The number of imidazole rings is 1. The SMILES string of the molecule is COc1cccc(-c2cc(Cn3ccnc3-c3cnn4cccnc34)on2)c1. The van der Waals surface area contributed by atoms with Crippen molar-refractivity contribution >= 4 is 5.65 Å². The normalized spacial score (nSPS) is 11.2. The molecule has 0 aliphatic carbocycles. The van der Waals surface area contributed by atoms with Gasteiger partial charge in [-0.2, -0.15) is 5.10 Å². The molecule has 0 amide bonds. The average molecular weight is 372 g/mol. The van der Waals surface area contributed by atoms with Crippen molar-refractivity contribution in [2.24, 2.45) is 0 Å². The fourth-order valence-corrected chi connectivity index (χ4v) is 3.14. The van der Waals surface area contributed by atoms with Gasteiger partial charge in [0.1, 0.15) is 17.3 Å². The number of benzene rings is 1. The zero-order valence-electron chi connectivity index (χ0n) is 15.1. The maximum atomic E-state index is 5.55. The van der Waals surface area contributed by atoms with E-state index >= 15 is 0 Å². The highest BCUT2D eigenvalue weighted by molar-refractivity contribution is 5.72. The number of fused-ring (bicyclic) bond motifs is 1. The smallest absolute Gasteiger partial charge is 0.165 e. The number of hydrogen-bond donors (Lipinski definition) is 0. The van der Waals surface area contributed by atoms with Gasteiger partial charge < -0.3 is 13.8 Å². The van der Waals surface area contributed by atoms with Crippen LogP contribution < -0.4 is 4.74 Å². The zero-order valence-corrected chi connectivity index (χ0v) is 15.1. The number of hydrogen-bond acceptors (Lipinski definition) is 6. The summed E-state index contributed by atoms with van der Waals surface area (Å²) in [5.41, 5.74) is 3.31. The van der Waals surface area contributed by atoms with Crippen LogP contribution in [0.1, 0.15) is 5.76 Å². The van der Waals surface area contributed by atoms with E-state index in [0.717, 1.165) is 39.8 Å². The van der Waals surface area contributed by atoms with E-state index < -0.39 is 0 Å². The summed E-state index contributed by atoms with van der Waals surface area (Å²) in [5.74, 6) is 2.27. The van der Waals surface area contributed by atoms with Crippen LogP contribution in [0.3, 0.4) is 0 Å². The van der Waals surface area contributed by atoms with Gasteiger partial charge in [0.15, 0.2) is 11.4 Å². The van der Waals surface area contributed by atoms with Crippen molar-refractivity contribution in [3.05, 3.63) is 73.1 Å². The minimum atomic E-state index is 0.497. The van der Waals surface area contributed by atoms with Gasteiger partial charge in [-0.05, 0) is 18.2 Å². The van der Waals surface area contributed by atoms with Gasteiger partial charge in [0, 0.05) is 36.4 Å². The Morgan fingerprint density at radius 2 is 2.04 bits per heavy atom. The number of rotatable bonds is 5. The van der Waals surface area contributed by atoms with E-state index in [4.69, 9.17) is 9.26 Å². The Kier molecular flexibility index (Phi) is 3.86. The Morgan fingerprint density at radius 1 is 1.07 bits per heavy atom. The first kappa shape index (κ1) is 16.2. The lowest BCUT2D eigenvalue weighted by Gasteiger charge is -2.04. The molecule has 0 atom stereocenters. The summed E-state index contributed by atoms with van der Waals surface area (Å²) in [5, 5.41) is 8.53. The summed E-state index contributed by atoms with van der Waals surface area (Å²) >= 11 is 0. The van der Waals surface area contributed by atoms with Gasteiger partial charge in [-0.1, -0.05) is 17.3 Å². The van der Waals surface area contributed by atoms with Crippen molar-refractivity contribution in [2.45, 2.75) is 6.54 Å². The highest BCUT2D eigenvalue weighted by Gasteiger charge is 2.15. The third-order valence-corrected chi connectivity index (χ3v) is 4.49. The molecule has 0 aliphatic heterocycles. The van der Waals surface area contributed by atoms with Crippen LogP contribution in [0.25, 0.3) is 28.3 Å². The molecule has 138 valence electrons. The van der Waals surface area contributed by atoms with Crippen molar-refractivity contribution in [1.82, 2.24) is 29.3 Å². The topological polar surface area (TPSA) is 83.3 Å². The predicted molar refractivity (Wildman–Crippen MR) is 102 cm³/mol. The highest BCUT2D eigenvalue weighted by Crippen LogP contribution is 2.25. The molecule has 1 aromatic carbocycles. The Bertz CT molecular complexity index is 1250. The molecule has 0 N–H and O–H groups in total. The van der Waals surface area contributed by atoms with E-state index in [9.17, 15) is 0 Å². The highest BCUT2D eigenvalue weighted by atomic mass is 16.5. The Morgan fingerprint density at radius 3 is 2.96 bits per heavy atom. The van der Waals surface area contributed by atoms with E-state index in [-0.39, 0.29) is 0 Å². The molecule has 28 heavy (non-hydrogen) atoms. The van der Waals surface area contributed by atoms with Gasteiger partial charge in [0.25, 0.3) is 0 Å². The molecule has 4 heterocycles. The zero-order chi connectivity index (χ0) is 18.9. The summed E-state index contributed by atoms with van der Waals surface area (Å²) in [6.45, 7) is 0.497. The van der Waals surface area contributed by atoms with Crippen molar-refractivity contribution in [3.8, 4) is 28.4 Å². The van der Waals surface area contributed by atoms with Gasteiger partial charge in [-0.15, -0.1) is 0 Å². The Balaban J connectivity index is 1.45. The molecule has 0 aliphatic rings. The van der Waals surface area contributed by atoms with Crippen LogP contribution in [0.2, 0.25) is 0 Å². The van der Waals surface area contributed by atoms with E-state index in [0.29, 0.717) is 6.54 Å². The second-order valence-electron chi connectivity index (χ2n) is 6.24. The Labute approximate surface area is 160 Å². The lowest BCUT2D eigenvalue weighted by molar-refractivity contribution is 0.378. The van der Waals surface area contributed by atoms with Gasteiger partial charge >= 0.3 is 0 Å². The third-order valence-electron chi connectivity index (χ3n) is 4.49. The molecule has 0 radical (unpaired) electrons. The van der Waals surface area contributed by atoms with E-state index in [1.165, 1.54) is 0 Å². The molecular formula is C20H16N6O2. The van der Waals surface area contributed by atoms with Crippen molar-refractivity contribution in [3.63, 3.8) is 0 Å². The lowest BCUT2D eigenvalue weighted by Crippen LogP contribution is -2.00. The van der Waals surface area contributed by atoms with E-state index in [2.05, 4.69) is 20.2 Å². The quantitative estimate of drug-likeness (QED) is 0.471. The molecule has 4 aromatic heterocycles. The Hall–Kier alpha value is -3.94. The van der Waals surface area contributed by atoms with Gasteiger partial charge in [0.2, 0.25) is 0 Å². The molecule has 5 aromatic rings. The van der Waals surface area contributed by atoms with Crippen LogP contribution in [-0.2, 0) is 6.54 Å². The van der Waals surface area contributed by atoms with Gasteiger partial charge in [-0.25, -0.2) is 14.5 Å². The van der Waals surface area contributed by atoms with Gasteiger partial charge in [-0.3, -0.25) is 0 Å². The lowest BCUT2D eigenvalue weighted by atomic mass is 10.1. The molecule has 0 bridgehead atoms. The molecule has 5 rings (SSSR count). The van der Waals surface area contributed by atoms with Gasteiger partial charge in [0.05, 0.1) is 25.4 Å². The second kappa shape index (κ2) is 6.66. The first-order chi connectivity index (χ1) is 13.8. The fourth-order valence-electron chi connectivity index (χ4n) is 3.14. The largest absolute Gasteiger partial charge is 0.497 e. The number of nitrogens with zero attached hydrogens (tertiary/aromatic N) is 6. The summed E-state index contributed by atoms with van der Waals surface area (Å²) in [7, 11) is 1.64. The average Bonchev–Trinajstić information content (AvgIpc) is 3.48. The predicted octanol–water partition coefficient (Wildman–Crippen LogP) is 3.30. The van der Waals surface area contributed by atoms with E-state index in [1.807, 2.05) is 53.4 Å². The summed E-state index contributed by atoms with van der Waals surface area (Å²) in [6.07, 6.45) is 9.01. The first-order valence-electron chi connectivity index (χ1n) is 8.72. The number of aromatic nitrogens is 6. The van der Waals surface area contributed by atoms with E-state index in [1.54, 1.807) is 30.2 Å². The monoisotopic (exact) mass is 372 g/mol. The molecular weight excluding hydrogens is 356 g/mol. The number of ether oxygens (including phenoxy) is 1. The summed E-state index contributed by atoms with van der Waals surface area (Å²) in [4.78, 5) is 8.89. The fraction of sp³-hybridized carbons (Fsp3) is 0.100. The molecule has 0 saturated heterocycles. The van der Waals surface area contributed by atoms with Crippen LogP contribution in [0, 0.1) is 0 Å². The van der Waals surface area contributed by atoms with Crippen LogP contribution in [0.15, 0.2) is 71.9 Å². The molecule has 8 nitrogen and oxygen atoms in total. The molecule has 8 heteroatoms. The van der Waals surface area contributed by atoms with Crippen molar-refractivity contribution in [1.29, 1.82) is 0 Å². The maximum Gasteiger partial charge on any atom is 0.165 e. The van der Waals surface area contributed by atoms with Crippen molar-refractivity contribution < 1.29 is 9.26 Å². The van der Waals surface area contributed by atoms with Crippen LogP contribution in [0.5, 0.6) is 5.75 Å².